The van der Waals surface area contributed by atoms with E-state index >= 15 is 0 Å². The Morgan fingerprint density at radius 2 is 1.86 bits per heavy atom. The highest BCUT2D eigenvalue weighted by molar-refractivity contribution is 5.79. The van der Waals surface area contributed by atoms with Gasteiger partial charge in [0.2, 0.25) is 5.89 Å². The predicted octanol–water partition coefficient (Wildman–Crippen LogP) is 3.96. The van der Waals surface area contributed by atoms with Gasteiger partial charge in [-0.3, -0.25) is 4.99 Å². The molecule has 0 saturated heterocycles. The molecule has 29 heavy (non-hydrogen) atoms. The second-order valence-electron chi connectivity index (χ2n) is 6.47. The number of benzene rings is 2. The van der Waals surface area contributed by atoms with E-state index in [2.05, 4.69) is 20.6 Å². The standard InChI is InChI=1S/C22H24F2N4O/c1-2-25-22(26-12-10-16-4-3-5-19(24)14-16)27-13-11-20-15-29-21(28-20)17-6-8-18(23)9-7-17/h3-9,14-15H,2,10-13H2,1H3,(H2,25,26,27). The molecule has 152 valence electrons. The summed E-state index contributed by atoms with van der Waals surface area (Å²) < 4.78 is 31.7. The molecule has 0 aliphatic rings. The molecule has 7 heteroatoms. The first-order valence-electron chi connectivity index (χ1n) is 9.61. The largest absolute Gasteiger partial charge is 0.444 e. The van der Waals surface area contributed by atoms with Crippen LogP contribution in [0.3, 0.4) is 0 Å². The Balaban J connectivity index is 1.50. The number of hydrogen-bond acceptors (Lipinski definition) is 3. The lowest BCUT2D eigenvalue weighted by Crippen LogP contribution is -2.38. The van der Waals surface area contributed by atoms with Gasteiger partial charge in [-0.05, 0) is 55.3 Å². The molecule has 2 aromatic carbocycles. The molecule has 0 aliphatic carbocycles. The Morgan fingerprint density at radius 1 is 1.03 bits per heavy atom. The number of aliphatic imine (C=N–C) groups is 1. The fourth-order valence-corrected chi connectivity index (χ4v) is 2.79. The van der Waals surface area contributed by atoms with Gasteiger partial charge in [-0.2, -0.15) is 0 Å². The van der Waals surface area contributed by atoms with E-state index in [4.69, 9.17) is 4.42 Å². The quantitative estimate of drug-likeness (QED) is 0.445. The Morgan fingerprint density at radius 3 is 2.62 bits per heavy atom. The summed E-state index contributed by atoms with van der Waals surface area (Å²) in [6.45, 7) is 3.92. The van der Waals surface area contributed by atoms with Crippen LogP contribution in [0.15, 0.2) is 64.2 Å². The van der Waals surface area contributed by atoms with Gasteiger partial charge >= 0.3 is 0 Å². The third kappa shape index (κ3) is 6.41. The first kappa shape index (κ1) is 20.5. The molecule has 0 amide bonds. The molecule has 0 radical (unpaired) electrons. The van der Waals surface area contributed by atoms with Crippen molar-refractivity contribution in [3.8, 4) is 11.5 Å². The van der Waals surface area contributed by atoms with Crippen molar-refractivity contribution < 1.29 is 13.2 Å². The summed E-state index contributed by atoms with van der Waals surface area (Å²) in [6, 6.07) is 12.6. The molecule has 0 bridgehead atoms. The number of hydrogen-bond donors (Lipinski definition) is 2. The van der Waals surface area contributed by atoms with Gasteiger partial charge in [-0.25, -0.2) is 13.8 Å². The molecule has 3 aromatic rings. The Kier molecular flexibility index (Phi) is 7.33. The zero-order valence-electron chi connectivity index (χ0n) is 16.3. The van der Waals surface area contributed by atoms with Crippen LogP contribution in [0.4, 0.5) is 8.78 Å². The number of guanidine groups is 1. The molecule has 0 unspecified atom stereocenters. The minimum absolute atomic E-state index is 0.226. The van der Waals surface area contributed by atoms with Crippen LogP contribution < -0.4 is 10.6 Å². The van der Waals surface area contributed by atoms with E-state index in [9.17, 15) is 8.78 Å². The number of rotatable bonds is 8. The Hall–Kier alpha value is -3.22. The lowest BCUT2D eigenvalue weighted by Gasteiger charge is -2.11. The monoisotopic (exact) mass is 398 g/mol. The van der Waals surface area contributed by atoms with Crippen LogP contribution in [0.1, 0.15) is 18.2 Å². The molecule has 0 fully saturated rings. The second kappa shape index (κ2) is 10.4. The van der Waals surface area contributed by atoms with Gasteiger partial charge in [0.1, 0.15) is 17.9 Å². The highest BCUT2D eigenvalue weighted by atomic mass is 19.1. The van der Waals surface area contributed by atoms with Crippen LogP contribution in [0.25, 0.3) is 11.5 Å². The smallest absolute Gasteiger partial charge is 0.226 e. The summed E-state index contributed by atoms with van der Waals surface area (Å²) in [5, 5.41) is 6.44. The topological polar surface area (TPSA) is 62.5 Å². The minimum Gasteiger partial charge on any atom is -0.444 e. The van der Waals surface area contributed by atoms with Crippen LogP contribution in [0.5, 0.6) is 0 Å². The van der Waals surface area contributed by atoms with Crippen LogP contribution in [-0.4, -0.2) is 30.6 Å². The summed E-state index contributed by atoms with van der Waals surface area (Å²) in [6.07, 6.45) is 2.91. The summed E-state index contributed by atoms with van der Waals surface area (Å²) in [5.41, 5.74) is 2.45. The minimum atomic E-state index is -0.296. The lowest BCUT2D eigenvalue weighted by molar-refractivity contribution is 0.572. The molecule has 1 heterocycles. The molecule has 3 rings (SSSR count). The Bertz CT molecular complexity index is 938. The van der Waals surface area contributed by atoms with Crippen molar-refractivity contribution in [1.29, 1.82) is 0 Å². The fourth-order valence-electron chi connectivity index (χ4n) is 2.79. The first-order valence-corrected chi connectivity index (χ1v) is 9.61. The summed E-state index contributed by atoms with van der Waals surface area (Å²) in [5.74, 6) is 0.640. The van der Waals surface area contributed by atoms with E-state index in [1.165, 1.54) is 24.3 Å². The molecule has 0 spiro atoms. The number of halogens is 2. The predicted molar refractivity (Wildman–Crippen MR) is 110 cm³/mol. The third-order valence-corrected chi connectivity index (χ3v) is 4.22. The van der Waals surface area contributed by atoms with E-state index in [1.807, 2.05) is 13.0 Å². The van der Waals surface area contributed by atoms with Crippen molar-refractivity contribution in [2.45, 2.75) is 19.8 Å². The van der Waals surface area contributed by atoms with Crippen LogP contribution >= 0.6 is 0 Å². The maximum absolute atomic E-state index is 13.2. The number of nitrogens with zero attached hydrogens (tertiary/aromatic N) is 2. The van der Waals surface area contributed by atoms with E-state index in [1.54, 1.807) is 24.5 Å². The summed E-state index contributed by atoms with van der Waals surface area (Å²) in [7, 11) is 0. The van der Waals surface area contributed by atoms with Crippen molar-refractivity contribution in [1.82, 2.24) is 15.6 Å². The summed E-state index contributed by atoms with van der Waals surface area (Å²) >= 11 is 0. The average Bonchev–Trinajstić information content (AvgIpc) is 3.17. The van der Waals surface area contributed by atoms with E-state index in [0.29, 0.717) is 37.8 Å². The van der Waals surface area contributed by atoms with E-state index < -0.39 is 0 Å². The van der Waals surface area contributed by atoms with Gasteiger partial charge in [0.25, 0.3) is 0 Å². The van der Waals surface area contributed by atoms with Crippen LogP contribution in [0.2, 0.25) is 0 Å². The van der Waals surface area contributed by atoms with Gasteiger partial charge in [0.05, 0.1) is 5.69 Å². The summed E-state index contributed by atoms with van der Waals surface area (Å²) in [4.78, 5) is 8.97. The number of oxazole rings is 1. The van der Waals surface area contributed by atoms with Crippen molar-refractivity contribution in [3.05, 3.63) is 77.7 Å². The molecule has 0 saturated carbocycles. The first-order chi connectivity index (χ1) is 14.1. The molecular formula is C22H24F2N4O. The molecule has 2 N–H and O–H groups in total. The van der Waals surface area contributed by atoms with Crippen molar-refractivity contribution in [3.63, 3.8) is 0 Å². The van der Waals surface area contributed by atoms with E-state index in [-0.39, 0.29) is 11.6 Å². The lowest BCUT2D eigenvalue weighted by atomic mass is 10.1. The molecule has 1 aromatic heterocycles. The maximum atomic E-state index is 13.2. The van der Waals surface area contributed by atoms with Crippen LogP contribution in [0, 0.1) is 11.6 Å². The number of aromatic nitrogens is 1. The fraction of sp³-hybridized carbons (Fsp3) is 0.273. The number of nitrogens with one attached hydrogen (secondary N) is 2. The van der Waals surface area contributed by atoms with Crippen molar-refractivity contribution in [2.75, 3.05) is 19.6 Å². The van der Waals surface area contributed by atoms with Crippen LogP contribution in [-0.2, 0) is 12.8 Å². The van der Waals surface area contributed by atoms with Gasteiger partial charge in [-0.15, -0.1) is 0 Å². The van der Waals surface area contributed by atoms with Gasteiger partial charge in [0, 0.05) is 31.6 Å². The molecule has 0 atom stereocenters. The van der Waals surface area contributed by atoms with Crippen molar-refractivity contribution in [2.24, 2.45) is 4.99 Å². The molecule has 0 aliphatic heterocycles. The SMILES string of the molecule is CCNC(=NCCc1coc(-c2ccc(F)cc2)n1)NCCc1cccc(F)c1. The second-order valence-corrected chi connectivity index (χ2v) is 6.47. The van der Waals surface area contributed by atoms with Gasteiger partial charge in [-0.1, -0.05) is 12.1 Å². The third-order valence-electron chi connectivity index (χ3n) is 4.22. The normalized spacial score (nSPS) is 11.5. The maximum Gasteiger partial charge on any atom is 0.226 e. The molecular weight excluding hydrogens is 374 g/mol. The zero-order valence-corrected chi connectivity index (χ0v) is 16.3. The zero-order chi connectivity index (χ0) is 20.5. The highest BCUT2D eigenvalue weighted by Gasteiger charge is 2.07. The van der Waals surface area contributed by atoms with E-state index in [0.717, 1.165) is 23.4 Å². The molecule has 5 nitrogen and oxygen atoms in total. The highest BCUT2D eigenvalue weighted by Crippen LogP contribution is 2.19. The van der Waals surface area contributed by atoms with Crippen molar-refractivity contribution >= 4 is 5.96 Å². The van der Waals surface area contributed by atoms with Gasteiger partial charge < -0.3 is 15.1 Å². The van der Waals surface area contributed by atoms with Gasteiger partial charge in [0.15, 0.2) is 5.96 Å². The average molecular weight is 398 g/mol. The Labute approximate surface area is 168 Å².